The third-order valence-corrected chi connectivity index (χ3v) is 2.60. The average molecular weight is 241 g/mol. The molecule has 0 spiro atoms. The van der Waals surface area contributed by atoms with Crippen LogP contribution in [0.3, 0.4) is 0 Å². The van der Waals surface area contributed by atoms with Gasteiger partial charge in [0.25, 0.3) is 0 Å². The molecule has 0 N–H and O–H groups in total. The SMILES string of the molecule is N#C[C@H]1CC(c2ccc(Cl)cc2Cl)=NO1. The Hall–Kier alpha value is -1.24. The molecule has 1 aromatic rings. The first-order valence-electron chi connectivity index (χ1n) is 4.28. The standard InChI is InChI=1S/C10H6Cl2N2O/c11-6-1-2-8(9(12)3-6)10-4-7(5-13)15-14-10/h1-3,7H,4H2/t7-/m1/s1. The fourth-order valence-corrected chi connectivity index (χ4v) is 1.85. The van der Waals surface area contributed by atoms with Crippen LogP contribution >= 0.6 is 23.2 Å². The highest BCUT2D eigenvalue weighted by atomic mass is 35.5. The quantitative estimate of drug-likeness (QED) is 0.758. The molecule has 1 heterocycles. The maximum atomic E-state index is 8.64. The van der Waals surface area contributed by atoms with Gasteiger partial charge >= 0.3 is 0 Å². The normalized spacial score (nSPS) is 19.3. The number of benzene rings is 1. The van der Waals surface area contributed by atoms with E-state index in [1.807, 2.05) is 6.07 Å². The topological polar surface area (TPSA) is 45.4 Å². The molecule has 3 nitrogen and oxygen atoms in total. The van der Waals surface area contributed by atoms with E-state index >= 15 is 0 Å². The number of hydrogen-bond donors (Lipinski definition) is 0. The first-order valence-corrected chi connectivity index (χ1v) is 5.04. The van der Waals surface area contributed by atoms with Gasteiger partial charge in [0, 0.05) is 17.0 Å². The molecule has 0 saturated carbocycles. The van der Waals surface area contributed by atoms with Crippen LogP contribution in [0, 0.1) is 11.3 Å². The lowest BCUT2D eigenvalue weighted by Crippen LogP contribution is -2.05. The summed E-state index contributed by atoms with van der Waals surface area (Å²) < 4.78 is 0. The Bertz CT molecular complexity index is 465. The third kappa shape index (κ3) is 2.06. The summed E-state index contributed by atoms with van der Waals surface area (Å²) in [5.74, 6) is 0. The summed E-state index contributed by atoms with van der Waals surface area (Å²) in [6, 6.07) is 7.13. The number of nitrogens with zero attached hydrogens (tertiary/aromatic N) is 2. The summed E-state index contributed by atoms with van der Waals surface area (Å²) in [5, 5.41) is 13.5. The van der Waals surface area contributed by atoms with Crippen molar-refractivity contribution >= 4 is 28.9 Å². The molecule has 5 heteroatoms. The molecule has 2 rings (SSSR count). The van der Waals surface area contributed by atoms with Crippen molar-refractivity contribution in [1.82, 2.24) is 0 Å². The number of nitriles is 1. The van der Waals surface area contributed by atoms with E-state index in [1.54, 1.807) is 18.2 Å². The molecule has 0 aromatic heterocycles. The van der Waals surface area contributed by atoms with E-state index in [-0.39, 0.29) is 0 Å². The third-order valence-electron chi connectivity index (χ3n) is 2.05. The van der Waals surface area contributed by atoms with Crippen LogP contribution < -0.4 is 0 Å². The number of halogens is 2. The molecule has 0 aliphatic carbocycles. The summed E-state index contributed by atoms with van der Waals surface area (Å²) in [6.45, 7) is 0. The monoisotopic (exact) mass is 240 g/mol. The highest BCUT2D eigenvalue weighted by Crippen LogP contribution is 2.25. The van der Waals surface area contributed by atoms with Gasteiger partial charge in [-0.2, -0.15) is 5.26 Å². The minimum absolute atomic E-state index is 0.456. The molecule has 0 bridgehead atoms. The van der Waals surface area contributed by atoms with Crippen LogP contribution in [-0.2, 0) is 4.84 Å². The van der Waals surface area contributed by atoms with Gasteiger partial charge in [0.15, 0.2) is 0 Å². The van der Waals surface area contributed by atoms with Crippen molar-refractivity contribution in [2.75, 3.05) is 0 Å². The van der Waals surface area contributed by atoms with Crippen LogP contribution in [0.2, 0.25) is 10.0 Å². The molecule has 1 aliphatic heterocycles. The van der Waals surface area contributed by atoms with E-state index in [1.165, 1.54) is 0 Å². The fraction of sp³-hybridized carbons (Fsp3) is 0.200. The largest absolute Gasteiger partial charge is 0.376 e. The summed E-state index contributed by atoms with van der Waals surface area (Å²) in [4.78, 5) is 4.89. The van der Waals surface area contributed by atoms with Crippen LogP contribution in [0.4, 0.5) is 0 Å². The minimum Gasteiger partial charge on any atom is -0.376 e. The van der Waals surface area contributed by atoms with Crippen LogP contribution in [0.5, 0.6) is 0 Å². The zero-order chi connectivity index (χ0) is 10.8. The maximum Gasteiger partial charge on any atom is 0.218 e. The first-order chi connectivity index (χ1) is 7.20. The summed E-state index contributed by atoms with van der Waals surface area (Å²) >= 11 is 11.8. The summed E-state index contributed by atoms with van der Waals surface area (Å²) in [5.41, 5.74) is 1.45. The molecule has 1 aliphatic rings. The minimum atomic E-state index is -0.508. The molecule has 0 amide bonds. The molecule has 76 valence electrons. The molecule has 0 saturated heterocycles. The lowest BCUT2D eigenvalue weighted by Gasteiger charge is -2.01. The molecule has 15 heavy (non-hydrogen) atoms. The second kappa shape index (κ2) is 4.09. The van der Waals surface area contributed by atoms with Gasteiger partial charge in [-0.05, 0) is 12.1 Å². The molecule has 0 fully saturated rings. The Kier molecular flexibility index (Phi) is 2.81. The predicted molar refractivity (Wildman–Crippen MR) is 58.1 cm³/mol. The zero-order valence-corrected chi connectivity index (χ0v) is 9.09. The van der Waals surface area contributed by atoms with E-state index in [4.69, 9.17) is 33.3 Å². The van der Waals surface area contributed by atoms with Gasteiger partial charge in [-0.25, -0.2) is 0 Å². The zero-order valence-electron chi connectivity index (χ0n) is 7.58. The van der Waals surface area contributed by atoms with Gasteiger partial charge < -0.3 is 4.84 Å². The summed E-state index contributed by atoms with van der Waals surface area (Å²) in [6.07, 6.45) is -0.0514. The van der Waals surface area contributed by atoms with Gasteiger partial charge in [-0.1, -0.05) is 34.4 Å². The van der Waals surface area contributed by atoms with Crippen molar-refractivity contribution < 1.29 is 4.84 Å². The highest BCUT2D eigenvalue weighted by molar-refractivity contribution is 6.37. The average Bonchev–Trinajstić information content (AvgIpc) is 2.66. The van der Waals surface area contributed by atoms with Crippen molar-refractivity contribution in [2.24, 2.45) is 5.16 Å². The maximum absolute atomic E-state index is 8.64. The highest BCUT2D eigenvalue weighted by Gasteiger charge is 2.22. The Morgan fingerprint density at radius 3 is 2.87 bits per heavy atom. The van der Waals surface area contributed by atoms with E-state index in [0.717, 1.165) is 5.56 Å². The van der Waals surface area contributed by atoms with Crippen molar-refractivity contribution in [2.45, 2.75) is 12.5 Å². The van der Waals surface area contributed by atoms with Gasteiger partial charge in [0.05, 0.1) is 10.7 Å². The van der Waals surface area contributed by atoms with Crippen molar-refractivity contribution in [3.05, 3.63) is 33.8 Å². The Balaban J connectivity index is 2.29. The molecule has 0 radical (unpaired) electrons. The second-order valence-electron chi connectivity index (χ2n) is 3.09. The Labute approximate surface area is 96.8 Å². The number of hydrogen-bond acceptors (Lipinski definition) is 3. The Morgan fingerprint density at radius 1 is 1.47 bits per heavy atom. The van der Waals surface area contributed by atoms with Crippen molar-refractivity contribution in [1.29, 1.82) is 5.26 Å². The van der Waals surface area contributed by atoms with E-state index < -0.39 is 6.10 Å². The van der Waals surface area contributed by atoms with E-state index in [2.05, 4.69) is 5.16 Å². The second-order valence-corrected chi connectivity index (χ2v) is 3.93. The van der Waals surface area contributed by atoms with Gasteiger partial charge in [-0.15, -0.1) is 0 Å². The molecular weight excluding hydrogens is 235 g/mol. The van der Waals surface area contributed by atoms with Crippen LogP contribution in [0.25, 0.3) is 0 Å². The van der Waals surface area contributed by atoms with E-state index in [9.17, 15) is 0 Å². The smallest absolute Gasteiger partial charge is 0.218 e. The van der Waals surface area contributed by atoms with Crippen LogP contribution in [-0.4, -0.2) is 11.8 Å². The number of rotatable bonds is 1. The molecular formula is C10H6Cl2N2O. The van der Waals surface area contributed by atoms with Gasteiger partial charge in [0.1, 0.15) is 6.07 Å². The van der Waals surface area contributed by atoms with Crippen LogP contribution in [0.15, 0.2) is 23.4 Å². The molecule has 0 unspecified atom stereocenters. The lowest BCUT2D eigenvalue weighted by atomic mass is 10.1. The van der Waals surface area contributed by atoms with Crippen molar-refractivity contribution in [3.63, 3.8) is 0 Å². The van der Waals surface area contributed by atoms with Gasteiger partial charge in [0.2, 0.25) is 6.10 Å². The molecule has 1 aromatic carbocycles. The van der Waals surface area contributed by atoms with E-state index in [0.29, 0.717) is 22.2 Å². The molecule has 1 atom stereocenters. The summed E-state index contributed by atoms with van der Waals surface area (Å²) in [7, 11) is 0. The lowest BCUT2D eigenvalue weighted by molar-refractivity contribution is 0.125. The van der Waals surface area contributed by atoms with Gasteiger partial charge in [-0.3, -0.25) is 0 Å². The number of oxime groups is 1. The van der Waals surface area contributed by atoms with Crippen molar-refractivity contribution in [3.8, 4) is 6.07 Å². The fourth-order valence-electron chi connectivity index (χ4n) is 1.33. The predicted octanol–water partition coefficient (Wildman–Crippen LogP) is 3.01. The van der Waals surface area contributed by atoms with Crippen LogP contribution in [0.1, 0.15) is 12.0 Å². The first kappa shape index (κ1) is 10.3. The Morgan fingerprint density at radius 2 is 2.27 bits per heavy atom.